The summed E-state index contributed by atoms with van der Waals surface area (Å²) < 4.78 is 0. The lowest BCUT2D eigenvalue weighted by molar-refractivity contribution is 0.0831. The number of halogens is 1. The summed E-state index contributed by atoms with van der Waals surface area (Å²) in [6.07, 6.45) is 9.98. The van der Waals surface area contributed by atoms with Crippen LogP contribution in [0.25, 0.3) is 0 Å². The third-order valence-corrected chi connectivity index (χ3v) is 5.13. The average Bonchev–Trinajstić information content (AvgIpc) is 2.36. The predicted octanol–water partition coefficient (Wildman–Crippen LogP) is 4.15. The molecule has 0 bridgehead atoms. The highest BCUT2D eigenvalue weighted by Gasteiger charge is 2.30. The molecular weight excluding hydrogens is 230 g/mol. The maximum absolute atomic E-state index is 5.80. The topological polar surface area (TPSA) is 3.24 Å². The number of hydrogen-bond acceptors (Lipinski definition) is 1. The van der Waals surface area contributed by atoms with E-state index in [9.17, 15) is 0 Å². The smallest absolute Gasteiger partial charge is 0.0225 e. The van der Waals surface area contributed by atoms with Gasteiger partial charge in [0, 0.05) is 12.4 Å². The number of alkyl halides is 1. The van der Waals surface area contributed by atoms with Crippen molar-refractivity contribution in [2.24, 2.45) is 17.8 Å². The molecule has 0 radical (unpaired) electrons. The first kappa shape index (κ1) is 13.7. The zero-order valence-corrected chi connectivity index (χ0v) is 12.1. The minimum absolute atomic E-state index is 0.802. The SMILES string of the molecule is CC(CCCl)CCN1CCC2CCCCC2C1. The number of nitrogens with zero attached hydrogens (tertiary/aromatic N) is 1. The largest absolute Gasteiger partial charge is 0.303 e. The molecule has 100 valence electrons. The van der Waals surface area contributed by atoms with Gasteiger partial charge in [-0.1, -0.05) is 26.2 Å². The second-order valence-electron chi connectivity index (χ2n) is 6.27. The van der Waals surface area contributed by atoms with Crippen molar-refractivity contribution in [1.29, 1.82) is 0 Å². The molecular formula is C15H28ClN. The second-order valence-corrected chi connectivity index (χ2v) is 6.64. The van der Waals surface area contributed by atoms with Gasteiger partial charge in [-0.15, -0.1) is 11.6 Å². The summed E-state index contributed by atoms with van der Waals surface area (Å²) >= 11 is 5.80. The highest BCUT2D eigenvalue weighted by atomic mass is 35.5. The summed E-state index contributed by atoms with van der Waals surface area (Å²) in [6.45, 7) is 6.39. The highest BCUT2D eigenvalue weighted by Crippen LogP contribution is 2.36. The number of likely N-dealkylation sites (tertiary alicyclic amines) is 1. The Morgan fingerprint density at radius 1 is 1.12 bits per heavy atom. The minimum Gasteiger partial charge on any atom is -0.303 e. The molecule has 0 aromatic rings. The molecule has 0 amide bonds. The number of fused-ring (bicyclic) bond motifs is 1. The predicted molar refractivity (Wildman–Crippen MR) is 75.6 cm³/mol. The summed E-state index contributed by atoms with van der Waals surface area (Å²) in [5.41, 5.74) is 0. The van der Waals surface area contributed by atoms with Crippen LogP contribution < -0.4 is 0 Å². The summed E-state index contributed by atoms with van der Waals surface area (Å²) in [6, 6.07) is 0. The van der Waals surface area contributed by atoms with E-state index in [0.29, 0.717) is 0 Å². The molecule has 2 rings (SSSR count). The Balaban J connectivity index is 1.68. The molecule has 1 aliphatic carbocycles. The Hall–Kier alpha value is 0.250. The van der Waals surface area contributed by atoms with Gasteiger partial charge in [0.25, 0.3) is 0 Å². The first-order valence-corrected chi connectivity index (χ1v) is 8.11. The van der Waals surface area contributed by atoms with Crippen molar-refractivity contribution in [2.45, 2.75) is 51.9 Å². The van der Waals surface area contributed by atoms with Crippen LogP contribution in [0.4, 0.5) is 0 Å². The molecule has 2 heteroatoms. The van der Waals surface area contributed by atoms with Gasteiger partial charge in [0.1, 0.15) is 0 Å². The van der Waals surface area contributed by atoms with E-state index in [1.54, 1.807) is 0 Å². The van der Waals surface area contributed by atoms with E-state index in [0.717, 1.165) is 23.6 Å². The molecule has 0 N–H and O–H groups in total. The Kier molecular flexibility index (Phi) is 5.62. The van der Waals surface area contributed by atoms with Gasteiger partial charge in [0.05, 0.1) is 0 Å². The fraction of sp³-hybridized carbons (Fsp3) is 1.00. The van der Waals surface area contributed by atoms with E-state index in [4.69, 9.17) is 11.6 Å². The van der Waals surface area contributed by atoms with Crippen LogP contribution in [0.15, 0.2) is 0 Å². The normalized spacial score (nSPS) is 32.1. The van der Waals surface area contributed by atoms with Crippen molar-refractivity contribution in [3.63, 3.8) is 0 Å². The maximum Gasteiger partial charge on any atom is 0.0225 e. The fourth-order valence-corrected chi connectivity index (χ4v) is 3.99. The maximum atomic E-state index is 5.80. The molecule has 3 atom stereocenters. The van der Waals surface area contributed by atoms with Crippen molar-refractivity contribution >= 4 is 11.6 Å². The van der Waals surface area contributed by atoms with Crippen molar-refractivity contribution in [2.75, 3.05) is 25.5 Å². The summed E-state index contributed by atoms with van der Waals surface area (Å²) in [7, 11) is 0. The lowest BCUT2D eigenvalue weighted by Crippen LogP contribution is -2.42. The molecule has 2 aliphatic rings. The van der Waals surface area contributed by atoms with Crippen molar-refractivity contribution in [1.82, 2.24) is 4.90 Å². The van der Waals surface area contributed by atoms with Gasteiger partial charge in [-0.2, -0.15) is 0 Å². The van der Waals surface area contributed by atoms with E-state index in [1.165, 1.54) is 64.6 Å². The van der Waals surface area contributed by atoms with Crippen LogP contribution in [-0.4, -0.2) is 30.4 Å². The number of hydrogen-bond donors (Lipinski definition) is 0. The Labute approximate surface area is 112 Å². The molecule has 0 spiro atoms. The van der Waals surface area contributed by atoms with E-state index in [-0.39, 0.29) is 0 Å². The van der Waals surface area contributed by atoms with Gasteiger partial charge in [0.15, 0.2) is 0 Å². The zero-order chi connectivity index (χ0) is 12.1. The molecule has 0 aromatic carbocycles. The van der Waals surface area contributed by atoms with Crippen molar-refractivity contribution in [3.05, 3.63) is 0 Å². The van der Waals surface area contributed by atoms with Gasteiger partial charge in [-0.3, -0.25) is 0 Å². The molecule has 1 saturated carbocycles. The number of rotatable bonds is 5. The van der Waals surface area contributed by atoms with Gasteiger partial charge in [-0.05, 0) is 56.5 Å². The van der Waals surface area contributed by atoms with Crippen LogP contribution in [0, 0.1) is 17.8 Å². The third-order valence-electron chi connectivity index (χ3n) is 4.92. The fourth-order valence-electron chi connectivity index (χ4n) is 3.61. The highest BCUT2D eigenvalue weighted by molar-refractivity contribution is 6.17. The number of piperidine rings is 1. The molecule has 2 fully saturated rings. The lowest BCUT2D eigenvalue weighted by atomic mass is 9.75. The van der Waals surface area contributed by atoms with Crippen LogP contribution in [0.5, 0.6) is 0 Å². The molecule has 0 aromatic heterocycles. The van der Waals surface area contributed by atoms with Crippen LogP contribution >= 0.6 is 11.6 Å². The van der Waals surface area contributed by atoms with E-state index < -0.39 is 0 Å². The molecule has 1 heterocycles. The first-order chi connectivity index (χ1) is 8.29. The molecule has 1 saturated heterocycles. The summed E-state index contributed by atoms with van der Waals surface area (Å²) in [5.74, 6) is 3.73. The Morgan fingerprint density at radius 2 is 1.88 bits per heavy atom. The lowest BCUT2D eigenvalue weighted by Gasteiger charge is -2.41. The third kappa shape index (κ3) is 4.13. The van der Waals surface area contributed by atoms with E-state index in [2.05, 4.69) is 11.8 Å². The molecule has 1 aliphatic heterocycles. The van der Waals surface area contributed by atoms with Crippen molar-refractivity contribution < 1.29 is 0 Å². The van der Waals surface area contributed by atoms with Crippen molar-refractivity contribution in [3.8, 4) is 0 Å². The van der Waals surface area contributed by atoms with Crippen LogP contribution in [0.1, 0.15) is 51.9 Å². The van der Waals surface area contributed by atoms with Gasteiger partial charge < -0.3 is 4.90 Å². The van der Waals surface area contributed by atoms with E-state index >= 15 is 0 Å². The van der Waals surface area contributed by atoms with E-state index in [1.807, 2.05) is 0 Å². The van der Waals surface area contributed by atoms with Crippen LogP contribution in [-0.2, 0) is 0 Å². The first-order valence-electron chi connectivity index (χ1n) is 7.58. The summed E-state index contributed by atoms with van der Waals surface area (Å²) in [5, 5.41) is 0. The van der Waals surface area contributed by atoms with Gasteiger partial charge >= 0.3 is 0 Å². The Bertz CT molecular complexity index is 219. The quantitative estimate of drug-likeness (QED) is 0.669. The average molecular weight is 258 g/mol. The molecule has 17 heavy (non-hydrogen) atoms. The Morgan fingerprint density at radius 3 is 2.65 bits per heavy atom. The second kappa shape index (κ2) is 6.99. The van der Waals surface area contributed by atoms with Gasteiger partial charge in [0.2, 0.25) is 0 Å². The zero-order valence-electron chi connectivity index (χ0n) is 11.3. The monoisotopic (exact) mass is 257 g/mol. The van der Waals surface area contributed by atoms with Crippen LogP contribution in [0.3, 0.4) is 0 Å². The van der Waals surface area contributed by atoms with Gasteiger partial charge in [-0.25, -0.2) is 0 Å². The minimum atomic E-state index is 0.802. The van der Waals surface area contributed by atoms with Crippen LogP contribution in [0.2, 0.25) is 0 Å². The summed E-state index contributed by atoms with van der Waals surface area (Å²) in [4.78, 5) is 2.72. The molecule has 3 unspecified atom stereocenters. The molecule has 1 nitrogen and oxygen atoms in total. The standard InChI is InChI=1S/C15H28ClN/c1-13(6-9-16)7-10-17-11-8-14-4-2-3-5-15(14)12-17/h13-15H,2-12H2,1H3.